The van der Waals surface area contributed by atoms with Crippen LogP contribution in [0.3, 0.4) is 0 Å². The minimum atomic E-state index is -0.128. The fraction of sp³-hybridized carbons (Fsp3) is 0.500. The van der Waals surface area contributed by atoms with Gasteiger partial charge in [-0.2, -0.15) is 4.98 Å². The Balaban J connectivity index is 1.40. The van der Waals surface area contributed by atoms with E-state index in [1.54, 1.807) is 6.07 Å². The molecule has 0 unspecified atom stereocenters. The predicted octanol–water partition coefficient (Wildman–Crippen LogP) is 2.08. The molecule has 0 aliphatic carbocycles. The highest BCUT2D eigenvalue weighted by Crippen LogP contribution is 2.20. The first-order valence-electron chi connectivity index (χ1n) is 9.58. The number of rotatable bonds is 4. The molecular weight excluding hydrogens is 345 g/mol. The standard InChI is InChI=1S/C20H26FN5O/c1-16-14-19(25-10-12-27-13-11-25)23-20(22-16)26-8-6-24(7-9-26)15-17-4-2-3-5-18(17)21/h2-5,14H,6-13,15H2,1H3. The Bertz CT molecular complexity index is 773. The van der Waals surface area contributed by atoms with Gasteiger partial charge in [0, 0.05) is 63.1 Å². The smallest absolute Gasteiger partial charge is 0.227 e. The third kappa shape index (κ3) is 4.36. The van der Waals surface area contributed by atoms with Gasteiger partial charge < -0.3 is 14.5 Å². The third-order valence-corrected chi connectivity index (χ3v) is 5.17. The lowest BCUT2D eigenvalue weighted by molar-refractivity contribution is 0.122. The number of hydrogen-bond acceptors (Lipinski definition) is 6. The second kappa shape index (κ2) is 8.19. The van der Waals surface area contributed by atoms with Crippen LogP contribution in [0.25, 0.3) is 0 Å². The van der Waals surface area contributed by atoms with E-state index < -0.39 is 0 Å². The van der Waals surface area contributed by atoms with Crippen LogP contribution in [-0.2, 0) is 11.3 Å². The van der Waals surface area contributed by atoms with Crippen molar-refractivity contribution in [2.75, 3.05) is 62.3 Å². The van der Waals surface area contributed by atoms with Gasteiger partial charge in [-0.1, -0.05) is 18.2 Å². The summed E-state index contributed by atoms with van der Waals surface area (Å²) in [4.78, 5) is 16.2. The summed E-state index contributed by atoms with van der Waals surface area (Å²) >= 11 is 0. The molecule has 2 saturated heterocycles. The molecule has 6 nitrogen and oxygen atoms in total. The number of nitrogens with zero attached hydrogens (tertiary/aromatic N) is 5. The van der Waals surface area contributed by atoms with Crippen molar-refractivity contribution in [1.29, 1.82) is 0 Å². The molecule has 144 valence electrons. The highest BCUT2D eigenvalue weighted by molar-refractivity contribution is 5.46. The number of anilines is 2. The largest absolute Gasteiger partial charge is 0.378 e. The second-order valence-corrected chi connectivity index (χ2v) is 7.12. The Labute approximate surface area is 159 Å². The maximum atomic E-state index is 13.9. The van der Waals surface area contributed by atoms with Crippen molar-refractivity contribution in [2.45, 2.75) is 13.5 Å². The average Bonchev–Trinajstić information content (AvgIpc) is 2.70. The van der Waals surface area contributed by atoms with Gasteiger partial charge in [0.15, 0.2) is 0 Å². The van der Waals surface area contributed by atoms with Gasteiger partial charge in [-0.15, -0.1) is 0 Å². The number of aromatic nitrogens is 2. The van der Waals surface area contributed by atoms with E-state index in [-0.39, 0.29) is 5.82 Å². The van der Waals surface area contributed by atoms with E-state index in [4.69, 9.17) is 9.72 Å². The van der Waals surface area contributed by atoms with Crippen molar-refractivity contribution in [3.63, 3.8) is 0 Å². The van der Waals surface area contributed by atoms with Gasteiger partial charge in [-0.3, -0.25) is 4.90 Å². The number of aryl methyl sites for hydroxylation is 1. The molecule has 0 spiro atoms. The molecule has 2 aliphatic rings. The fourth-order valence-corrected chi connectivity index (χ4v) is 3.61. The van der Waals surface area contributed by atoms with Crippen molar-refractivity contribution < 1.29 is 9.13 Å². The third-order valence-electron chi connectivity index (χ3n) is 5.17. The number of morpholine rings is 1. The molecular formula is C20H26FN5O. The van der Waals surface area contributed by atoms with Crippen molar-refractivity contribution in [3.05, 3.63) is 47.4 Å². The molecule has 1 aromatic heterocycles. The molecule has 0 saturated carbocycles. The van der Waals surface area contributed by atoms with Crippen molar-refractivity contribution >= 4 is 11.8 Å². The van der Waals surface area contributed by atoms with Gasteiger partial charge >= 0.3 is 0 Å². The average molecular weight is 371 g/mol. The van der Waals surface area contributed by atoms with Gasteiger partial charge in [0.25, 0.3) is 0 Å². The summed E-state index contributed by atoms with van der Waals surface area (Å²) in [6.45, 7) is 9.33. The van der Waals surface area contributed by atoms with Crippen molar-refractivity contribution in [3.8, 4) is 0 Å². The van der Waals surface area contributed by atoms with Gasteiger partial charge in [0.2, 0.25) is 5.95 Å². The first-order chi connectivity index (χ1) is 13.2. The van der Waals surface area contributed by atoms with Crippen molar-refractivity contribution in [1.82, 2.24) is 14.9 Å². The quantitative estimate of drug-likeness (QED) is 0.820. The zero-order valence-corrected chi connectivity index (χ0v) is 15.8. The van der Waals surface area contributed by atoms with Crippen LogP contribution < -0.4 is 9.80 Å². The molecule has 0 amide bonds. The molecule has 0 atom stereocenters. The normalized spacial score (nSPS) is 18.7. The first kappa shape index (κ1) is 18.1. The minimum absolute atomic E-state index is 0.128. The number of halogens is 1. The molecule has 7 heteroatoms. The zero-order chi connectivity index (χ0) is 18.6. The second-order valence-electron chi connectivity index (χ2n) is 7.12. The van der Waals surface area contributed by atoms with Gasteiger partial charge in [-0.05, 0) is 13.0 Å². The predicted molar refractivity (Wildman–Crippen MR) is 104 cm³/mol. The Morgan fingerprint density at radius 3 is 2.44 bits per heavy atom. The van der Waals surface area contributed by atoms with Crippen LogP contribution in [0.1, 0.15) is 11.3 Å². The molecule has 2 fully saturated rings. The number of hydrogen-bond donors (Lipinski definition) is 0. The Morgan fingerprint density at radius 2 is 1.70 bits per heavy atom. The Hall–Kier alpha value is -2.25. The summed E-state index contributed by atoms with van der Waals surface area (Å²) in [7, 11) is 0. The molecule has 0 bridgehead atoms. The lowest BCUT2D eigenvalue weighted by Crippen LogP contribution is -2.47. The van der Waals surface area contributed by atoms with E-state index in [9.17, 15) is 4.39 Å². The van der Waals surface area contributed by atoms with E-state index >= 15 is 0 Å². The van der Waals surface area contributed by atoms with Crippen LogP contribution in [0.5, 0.6) is 0 Å². The highest BCUT2D eigenvalue weighted by Gasteiger charge is 2.22. The lowest BCUT2D eigenvalue weighted by Gasteiger charge is -2.35. The molecule has 4 rings (SSSR count). The summed E-state index contributed by atoms with van der Waals surface area (Å²) in [5, 5.41) is 0. The summed E-state index contributed by atoms with van der Waals surface area (Å²) in [5.41, 5.74) is 1.74. The van der Waals surface area contributed by atoms with E-state index in [1.807, 2.05) is 25.1 Å². The van der Waals surface area contributed by atoms with Gasteiger partial charge in [-0.25, -0.2) is 9.37 Å². The van der Waals surface area contributed by atoms with Crippen LogP contribution in [0.15, 0.2) is 30.3 Å². The maximum absolute atomic E-state index is 13.9. The van der Waals surface area contributed by atoms with Crippen LogP contribution in [0, 0.1) is 12.7 Å². The molecule has 0 radical (unpaired) electrons. The van der Waals surface area contributed by atoms with Crippen LogP contribution in [0.2, 0.25) is 0 Å². The van der Waals surface area contributed by atoms with E-state index in [0.29, 0.717) is 6.54 Å². The van der Waals surface area contributed by atoms with E-state index in [0.717, 1.165) is 75.5 Å². The van der Waals surface area contributed by atoms with Crippen molar-refractivity contribution in [2.24, 2.45) is 0 Å². The highest BCUT2D eigenvalue weighted by atomic mass is 19.1. The summed E-state index contributed by atoms with van der Waals surface area (Å²) in [6.07, 6.45) is 0. The molecule has 2 aliphatic heterocycles. The number of ether oxygens (including phenoxy) is 1. The van der Waals surface area contributed by atoms with E-state index in [2.05, 4.69) is 19.7 Å². The summed E-state index contributed by atoms with van der Waals surface area (Å²) in [5.74, 6) is 1.65. The van der Waals surface area contributed by atoms with Gasteiger partial charge in [0.05, 0.1) is 13.2 Å². The zero-order valence-electron chi connectivity index (χ0n) is 15.8. The summed E-state index contributed by atoms with van der Waals surface area (Å²) < 4.78 is 19.3. The first-order valence-corrected chi connectivity index (χ1v) is 9.58. The van der Waals surface area contributed by atoms with Gasteiger partial charge in [0.1, 0.15) is 11.6 Å². The number of piperazine rings is 1. The number of benzene rings is 1. The SMILES string of the molecule is Cc1cc(N2CCOCC2)nc(N2CCN(Cc3ccccc3F)CC2)n1. The molecule has 3 heterocycles. The monoisotopic (exact) mass is 371 g/mol. The minimum Gasteiger partial charge on any atom is -0.378 e. The molecule has 2 aromatic rings. The van der Waals surface area contributed by atoms with Crippen LogP contribution in [-0.4, -0.2) is 67.4 Å². The summed E-state index contributed by atoms with van der Waals surface area (Å²) in [6, 6.07) is 9.06. The molecule has 1 aromatic carbocycles. The lowest BCUT2D eigenvalue weighted by atomic mass is 10.2. The fourth-order valence-electron chi connectivity index (χ4n) is 3.61. The van der Waals surface area contributed by atoms with E-state index in [1.165, 1.54) is 6.07 Å². The molecule has 27 heavy (non-hydrogen) atoms. The van der Waals surface area contributed by atoms with Crippen LogP contribution >= 0.6 is 0 Å². The Kier molecular flexibility index (Phi) is 5.50. The molecule has 0 N–H and O–H groups in total. The maximum Gasteiger partial charge on any atom is 0.227 e. The Morgan fingerprint density at radius 1 is 0.963 bits per heavy atom. The van der Waals surface area contributed by atoms with Crippen LogP contribution in [0.4, 0.5) is 16.2 Å². The topological polar surface area (TPSA) is 44.7 Å².